The Bertz CT molecular complexity index is 1570. The minimum atomic E-state index is -3.81. The van der Waals surface area contributed by atoms with Crippen LogP contribution in [-0.2, 0) is 27.7 Å². The van der Waals surface area contributed by atoms with E-state index in [0.717, 1.165) is 16.7 Å². The Kier molecular flexibility index (Phi) is 10.9. The zero-order chi connectivity index (χ0) is 29.8. The van der Waals surface area contributed by atoms with E-state index in [4.69, 9.17) is 9.84 Å². The van der Waals surface area contributed by atoms with Gasteiger partial charge in [0.25, 0.3) is 10.0 Å². The average Bonchev–Trinajstić information content (AvgIpc) is 3.01. The molecule has 0 fully saturated rings. The molecule has 218 valence electrons. The van der Waals surface area contributed by atoms with Gasteiger partial charge in [0, 0.05) is 19.4 Å². The average molecular weight is 586 g/mol. The van der Waals surface area contributed by atoms with Crippen LogP contribution < -0.4 is 9.04 Å². The van der Waals surface area contributed by atoms with E-state index >= 15 is 0 Å². The Morgan fingerprint density at radius 1 is 0.857 bits per heavy atom. The fraction of sp³-hybridized carbons (Fsp3) is 0.206. The molecule has 0 heterocycles. The minimum absolute atomic E-state index is 0.0150. The minimum Gasteiger partial charge on any atom is -0.493 e. The zero-order valence-corrected chi connectivity index (χ0v) is 24.1. The first-order valence-corrected chi connectivity index (χ1v) is 15.3. The predicted octanol–water partition coefficient (Wildman–Crippen LogP) is 5.99. The molecular formula is C34H35NO6S. The van der Waals surface area contributed by atoms with Crippen LogP contribution in [0.4, 0.5) is 5.69 Å². The number of rotatable bonds is 15. The smallest absolute Gasteiger partial charge is 0.303 e. The summed E-state index contributed by atoms with van der Waals surface area (Å²) in [6.45, 7) is 0.514. The Balaban J connectivity index is 1.44. The van der Waals surface area contributed by atoms with Crippen LogP contribution in [0, 0.1) is 0 Å². The van der Waals surface area contributed by atoms with Gasteiger partial charge in [0.2, 0.25) is 0 Å². The van der Waals surface area contributed by atoms with Crippen molar-refractivity contribution in [3.63, 3.8) is 0 Å². The second kappa shape index (κ2) is 15.0. The highest BCUT2D eigenvalue weighted by atomic mass is 32.2. The van der Waals surface area contributed by atoms with Crippen molar-refractivity contribution in [1.82, 2.24) is 0 Å². The highest BCUT2D eigenvalue weighted by Gasteiger charge is 2.24. The number of sulfonamides is 1. The normalized spacial score (nSPS) is 12.2. The monoisotopic (exact) mass is 585 g/mol. The fourth-order valence-corrected chi connectivity index (χ4v) is 5.95. The summed E-state index contributed by atoms with van der Waals surface area (Å²) in [6.07, 6.45) is 3.88. The molecule has 42 heavy (non-hydrogen) atoms. The Morgan fingerprint density at radius 2 is 1.55 bits per heavy atom. The first kappa shape index (κ1) is 30.6. The van der Waals surface area contributed by atoms with Crippen molar-refractivity contribution in [3.8, 4) is 5.75 Å². The summed E-state index contributed by atoms with van der Waals surface area (Å²) >= 11 is 0. The zero-order valence-electron chi connectivity index (χ0n) is 23.2. The number of benzene rings is 4. The maximum atomic E-state index is 13.7. The van der Waals surface area contributed by atoms with Crippen molar-refractivity contribution in [2.75, 3.05) is 17.5 Å². The van der Waals surface area contributed by atoms with Gasteiger partial charge in [0.1, 0.15) is 5.75 Å². The lowest BCUT2D eigenvalue weighted by molar-refractivity contribution is -0.136. The third-order valence-corrected chi connectivity index (χ3v) is 8.54. The van der Waals surface area contributed by atoms with Crippen LogP contribution in [0.5, 0.6) is 5.75 Å². The van der Waals surface area contributed by atoms with E-state index in [1.807, 2.05) is 54.6 Å². The van der Waals surface area contributed by atoms with Crippen molar-refractivity contribution >= 4 is 27.8 Å². The van der Waals surface area contributed by atoms with Crippen LogP contribution in [0.1, 0.15) is 29.5 Å². The van der Waals surface area contributed by atoms with Gasteiger partial charge < -0.3 is 14.9 Å². The van der Waals surface area contributed by atoms with Gasteiger partial charge in [-0.3, -0.25) is 9.10 Å². The number of aryl methyl sites for hydroxylation is 1. The second-order valence-corrected chi connectivity index (χ2v) is 11.6. The first-order valence-electron chi connectivity index (χ1n) is 13.8. The van der Waals surface area contributed by atoms with Gasteiger partial charge in [-0.15, -0.1) is 0 Å². The molecular weight excluding hydrogens is 550 g/mol. The molecule has 2 N–H and O–H groups in total. The number of carboxylic acid groups (broad SMARTS) is 1. The van der Waals surface area contributed by atoms with Gasteiger partial charge in [-0.25, -0.2) is 8.42 Å². The molecule has 0 saturated heterocycles. The molecule has 0 saturated carbocycles. The largest absolute Gasteiger partial charge is 0.493 e. The Morgan fingerprint density at radius 3 is 2.29 bits per heavy atom. The van der Waals surface area contributed by atoms with Crippen LogP contribution in [0.15, 0.2) is 120 Å². The lowest BCUT2D eigenvalue weighted by Gasteiger charge is -2.25. The van der Waals surface area contributed by atoms with E-state index in [1.165, 1.54) is 4.31 Å². The second-order valence-electron chi connectivity index (χ2n) is 9.79. The number of nitrogens with zero attached hydrogens (tertiary/aromatic N) is 1. The third kappa shape index (κ3) is 8.80. The van der Waals surface area contributed by atoms with Crippen LogP contribution in [-0.4, -0.2) is 43.9 Å². The van der Waals surface area contributed by atoms with Gasteiger partial charge >= 0.3 is 5.97 Å². The van der Waals surface area contributed by atoms with E-state index in [0.29, 0.717) is 30.7 Å². The lowest BCUT2D eigenvalue weighted by atomic mass is 10.1. The molecule has 1 unspecified atom stereocenters. The third-order valence-electron chi connectivity index (χ3n) is 6.70. The molecule has 0 bridgehead atoms. The molecule has 4 aromatic carbocycles. The number of para-hydroxylation sites is 1. The molecule has 0 aromatic heterocycles. The number of ether oxygens (including phenoxy) is 1. The van der Waals surface area contributed by atoms with Crippen LogP contribution in [0.3, 0.4) is 0 Å². The van der Waals surface area contributed by atoms with Crippen molar-refractivity contribution < 1.29 is 28.2 Å². The SMILES string of the molecule is O=C(O)CCc1ccccc1OCCC(O)/C=C/c1cccc(N(CCc2ccccc2)S(=O)(=O)c2ccccc2)c1. The maximum Gasteiger partial charge on any atom is 0.303 e. The van der Waals surface area contributed by atoms with Crippen molar-refractivity contribution in [3.05, 3.63) is 132 Å². The van der Waals surface area contributed by atoms with Gasteiger partial charge in [-0.05, 0) is 59.9 Å². The number of anilines is 1. The van der Waals surface area contributed by atoms with Crippen LogP contribution in [0.25, 0.3) is 6.08 Å². The Labute approximate surface area is 247 Å². The summed E-state index contributed by atoms with van der Waals surface area (Å²) in [5.74, 6) is -0.260. The molecule has 4 aromatic rings. The molecule has 0 aliphatic heterocycles. The van der Waals surface area contributed by atoms with Gasteiger partial charge in [-0.2, -0.15) is 0 Å². The molecule has 1 atom stereocenters. The van der Waals surface area contributed by atoms with Crippen LogP contribution in [0.2, 0.25) is 0 Å². The maximum absolute atomic E-state index is 13.7. The van der Waals surface area contributed by atoms with Crippen molar-refractivity contribution in [1.29, 1.82) is 0 Å². The molecule has 4 rings (SSSR count). The number of aliphatic carboxylic acids is 1. The number of aliphatic hydroxyl groups excluding tert-OH is 1. The molecule has 8 heteroatoms. The van der Waals surface area contributed by atoms with E-state index in [1.54, 1.807) is 66.7 Å². The molecule has 7 nitrogen and oxygen atoms in total. The van der Waals surface area contributed by atoms with Crippen molar-refractivity contribution in [2.24, 2.45) is 0 Å². The Hall–Kier alpha value is -4.40. The summed E-state index contributed by atoms with van der Waals surface area (Å²) in [5.41, 5.74) is 3.13. The van der Waals surface area contributed by atoms with E-state index < -0.39 is 22.1 Å². The number of carbonyl (C=O) groups is 1. The van der Waals surface area contributed by atoms with E-state index in [9.17, 15) is 18.3 Å². The topological polar surface area (TPSA) is 104 Å². The van der Waals surface area contributed by atoms with E-state index in [-0.39, 0.29) is 24.5 Å². The first-order chi connectivity index (χ1) is 20.3. The number of aliphatic hydroxyl groups is 1. The highest BCUT2D eigenvalue weighted by molar-refractivity contribution is 7.92. The fourth-order valence-electron chi connectivity index (χ4n) is 4.47. The summed E-state index contributed by atoms with van der Waals surface area (Å²) in [6, 6.07) is 32.7. The van der Waals surface area contributed by atoms with Gasteiger partial charge in [0.05, 0.1) is 23.3 Å². The van der Waals surface area contributed by atoms with Gasteiger partial charge in [-0.1, -0.05) is 91.0 Å². The predicted molar refractivity (Wildman–Crippen MR) is 165 cm³/mol. The number of carboxylic acids is 1. The summed E-state index contributed by atoms with van der Waals surface area (Å²) in [5, 5.41) is 19.5. The summed E-state index contributed by atoms with van der Waals surface area (Å²) in [4.78, 5) is 11.1. The van der Waals surface area contributed by atoms with E-state index in [2.05, 4.69) is 0 Å². The molecule has 0 amide bonds. The van der Waals surface area contributed by atoms with Crippen molar-refractivity contribution in [2.45, 2.75) is 36.7 Å². The highest BCUT2D eigenvalue weighted by Crippen LogP contribution is 2.26. The number of hydrogen-bond donors (Lipinski definition) is 2. The standard InChI is InChI=1S/C34H35NO6S/c36-31(23-25-41-33-17-8-7-13-29(33)19-21-34(37)38)20-18-28-12-9-14-30(26-28)35(24-22-27-10-3-1-4-11-27)42(39,40)32-15-5-2-6-16-32/h1-18,20,26,31,36H,19,21-25H2,(H,37,38)/b20-18+. The van der Waals surface area contributed by atoms with Crippen LogP contribution >= 0.6 is 0 Å². The van der Waals surface area contributed by atoms with Gasteiger partial charge in [0.15, 0.2) is 0 Å². The lowest BCUT2D eigenvalue weighted by Crippen LogP contribution is -2.33. The molecule has 0 radical (unpaired) electrons. The summed E-state index contributed by atoms with van der Waals surface area (Å²) in [7, 11) is -3.81. The molecule has 0 spiro atoms. The summed E-state index contributed by atoms with van der Waals surface area (Å²) < 4.78 is 34.6. The number of hydrogen-bond acceptors (Lipinski definition) is 5. The quantitative estimate of drug-likeness (QED) is 0.178. The molecule has 0 aliphatic rings. The molecule has 0 aliphatic carbocycles.